The molecule has 1 aromatic carbocycles. The third-order valence-corrected chi connectivity index (χ3v) is 4.58. The van der Waals surface area contributed by atoms with Gasteiger partial charge in [0, 0.05) is 12.5 Å². The van der Waals surface area contributed by atoms with Gasteiger partial charge in [0.15, 0.2) is 16.4 Å². The summed E-state index contributed by atoms with van der Waals surface area (Å²) >= 11 is 11.6. The van der Waals surface area contributed by atoms with E-state index in [-0.39, 0.29) is 21.3 Å². The smallest absolute Gasteiger partial charge is 0.340 e. The molecule has 1 amide bonds. The van der Waals surface area contributed by atoms with Crippen LogP contribution in [0.1, 0.15) is 10.4 Å². The number of pyridine rings is 1. The van der Waals surface area contributed by atoms with Crippen LogP contribution in [0.25, 0.3) is 0 Å². The Kier molecular flexibility index (Phi) is 5.99. The Morgan fingerprint density at radius 3 is 2.52 bits per heavy atom. The van der Waals surface area contributed by atoms with Crippen molar-refractivity contribution in [2.75, 3.05) is 18.2 Å². The molecule has 1 N–H and O–H groups in total. The lowest BCUT2D eigenvalue weighted by atomic mass is 10.2. The molecule has 0 unspecified atom stereocenters. The molecule has 7 nitrogen and oxygen atoms in total. The standard InChI is InChI=1S/C15H12Cl2N2O5S/c1-25(22,23)10-3-4-12(17)11(6-10)15(21)24-8-14(20)19-13-5-2-9(16)7-18-13/h2-7H,8H2,1H3,(H,18,19,20). The fourth-order valence-electron chi connectivity index (χ4n) is 1.73. The van der Waals surface area contributed by atoms with E-state index in [1.807, 2.05) is 0 Å². The van der Waals surface area contributed by atoms with Crippen molar-refractivity contribution >= 4 is 50.7 Å². The first-order chi connectivity index (χ1) is 11.7. The molecule has 0 aliphatic rings. The summed E-state index contributed by atoms with van der Waals surface area (Å²) in [5.41, 5.74) is -0.151. The van der Waals surface area contributed by atoms with Crippen LogP contribution in [0.5, 0.6) is 0 Å². The Hall–Kier alpha value is -2.16. The van der Waals surface area contributed by atoms with Crippen LogP contribution in [-0.4, -0.2) is 38.1 Å². The molecule has 132 valence electrons. The number of sulfone groups is 1. The van der Waals surface area contributed by atoms with E-state index in [9.17, 15) is 18.0 Å². The minimum absolute atomic E-state index is 0.0113. The molecule has 0 saturated carbocycles. The summed E-state index contributed by atoms with van der Waals surface area (Å²) in [7, 11) is -3.52. The Bertz CT molecular complexity index is 914. The first kappa shape index (κ1) is 19.2. The number of anilines is 1. The maximum absolute atomic E-state index is 12.0. The van der Waals surface area contributed by atoms with Crippen LogP contribution in [-0.2, 0) is 19.4 Å². The molecule has 0 atom stereocenters. The first-order valence-corrected chi connectivity index (χ1v) is 9.39. The van der Waals surface area contributed by atoms with E-state index in [4.69, 9.17) is 27.9 Å². The molecule has 0 saturated heterocycles. The molecule has 1 heterocycles. The topological polar surface area (TPSA) is 102 Å². The number of benzene rings is 1. The average molecular weight is 403 g/mol. The molecule has 1 aromatic heterocycles. The highest BCUT2D eigenvalue weighted by Crippen LogP contribution is 2.21. The summed E-state index contributed by atoms with van der Waals surface area (Å²) in [6.07, 6.45) is 2.34. The lowest BCUT2D eigenvalue weighted by molar-refractivity contribution is -0.119. The first-order valence-electron chi connectivity index (χ1n) is 6.75. The molecule has 2 rings (SSSR count). The van der Waals surface area contributed by atoms with Gasteiger partial charge in [0.25, 0.3) is 5.91 Å². The Morgan fingerprint density at radius 2 is 1.92 bits per heavy atom. The van der Waals surface area contributed by atoms with E-state index in [1.54, 1.807) is 0 Å². The van der Waals surface area contributed by atoms with Gasteiger partial charge < -0.3 is 10.1 Å². The van der Waals surface area contributed by atoms with Crippen LogP contribution >= 0.6 is 23.2 Å². The molecular weight excluding hydrogens is 391 g/mol. The Morgan fingerprint density at radius 1 is 1.20 bits per heavy atom. The molecule has 2 aromatic rings. The van der Waals surface area contributed by atoms with Crippen LogP contribution in [0.2, 0.25) is 10.0 Å². The summed E-state index contributed by atoms with van der Waals surface area (Å²) in [6.45, 7) is -0.595. The molecule has 25 heavy (non-hydrogen) atoms. The second kappa shape index (κ2) is 7.81. The van der Waals surface area contributed by atoms with Crippen LogP contribution in [0.15, 0.2) is 41.4 Å². The molecule has 10 heteroatoms. The predicted octanol–water partition coefficient (Wildman–Crippen LogP) is 2.59. The normalized spacial score (nSPS) is 11.0. The Labute approximate surface area is 153 Å². The van der Waals surface area contributed by atoms with Crippen molar-refractivity contribution < 1.29 is 22.7 Å². The van der Waals surface area contributed by atoms with Gasteiger partial charge in [0.2, 0.25) is 0 Å². The van der Waals surface area contributed by atoms with Crippen LogP contribution in [0.3, 0.4) is 0 Å². The maximum Gasteiger partial charge on any atom is 0.340 e. The number of amides is 1. The molecule has 0 spiro atoms. The minimum atomic E-state index is -3.52. The number of ether oxygens (including phenoxy) is 1. The second-order valence-electron chi connectivity index (χ2n) is 4.90. The van der Waals surface area contributed by atoms with Gasteiger partial charge in [0.1, 0.15) is 5.82 Å². The van der Waals surface area contributed by atoms with Crippen LogP contribution in [0.4, 0.5) is 5.82 Å². The summed E-state index contributed by atoms with van der Waals surface area (Å²) in [5, 5.41) is 2.83. The zero-order chi connectivity index (χ0) is 18.6. The van der Waals surface area contributed by atoms with Crippen molar-refractivity contribution in [3.8, 4) is 0 Å². The van der Waals surface area contributed by atoms with Crippen molar-refractivity contribution in [1.82, 2.24) is 4.98 Å². The number of hydrogen-bond donors (Lipinski definition) is 1. The van der Waals surface area contributed by atoms with Gasteiger partial charge in [-0.05, 0) is 30.3 Å². The number of rotatable bonds is 5. The number of carbonyl (C=O) groups excluding carboxylic acids is 2. The molecular formula is C15H12Cl2N2O5S. The maximum atomic E-state index is 12.0. The van der Waals surface area contributed by atoms with E-state index in [2.05, 4.69) is 10.3 Å². The van der Waals surface area contributed by atoms with Crippen LogP contribution in [0, 0.1) is 0 Å². The highest BCUT2D eigenvalue weighted by molar-refractivity contribution is 7.90. The van der Waals surface area contributed by atoms with Gasteiger partial charge in [0.05, 0.1) is 20.5 Å². The van der Waals surface area contributed by atoms with Crippen molar-refractivity contribution in [3.63, 3.8) is 0 Å². The zero-order valence-electron chi connectivity index (χ0n) is 12.8. The highest BCUT2D eigenvalue weighted by atomic mass is 35.5. The van der Waals surface area contributed by atoms with Gasteiger partial charge >= 0.3 is 5.97 Å². The molecule has 0 aliphatic heterocycles. The summed E-state index contributed by atoms with van der Waals surface area (Å²) < 4.78 is 27.9. The summed E-state index contributed by atoms with van der Waals surface area (Å²) in [5.74, 6) is -1.31. The van der Waals surface area contributed by atoms with Crippen molar-refractivity contribution in [2.24, 2.45) is 0 Å². The van der Waals surface area contributed by atoms with E-state index in [0.29, 0.717) is 5.02 Å². The number of esters is 1. The summed E-state index contributed by atoms with van der Waals surface area (Å²) in [4.78, 5) is 27.6. The second-order valence-corrected chi connectivity index (χ2v) is 7.76. The molecule has 0 radical (unpaired) electrons. The van der Waals surface area contributed by atoms with E-state index in [1.165, 1.54) is 30.5 Å². The molecule has 0 bridgehead atoms. The number of carbonyl (C=O) groups is 2. The van der Waals surface area contributed by atoms with Gasteiger partial charge in [-0.15, -0.1) is 0 Å². The van der Waals surface area contributed by atoms with Gasteiger partial charge in [-0.3, -0.25) is 4.79 Å². The fourth-order valence-corrected chi connectivity index (χ4v) is 2.68. The van der Waals surface area contributed by atoms with Gasteiger partial charge in [-0.2, -0.15) is 0 Å². The van der Waals surface area contributed by atoms with E-state index < -0.39 is 28.3 Å². The summed E-state index contributed by atoms with van der Waals surface area (Å²) in [6, 6.07) is 6.65. The van der Waals surface area contributed by atoms with E-state index in [0.717, 1.165) is 12.3 Å². The minimum Gasteiger partial charge on any atom is -0.452 e. The number of nitrogens with one attached hydrogen (secondary N) is 1. The average Bonchev–Trinajstić information content (AvgIpc) is 2.54. The van der Waals surface area contributed by atoms with Gasteiger partial charge in [-0.1, -0.05) is 23.2 Å². The van der Waals surface area contributed by atoms with Crippen molar-refractivity contribution in [1.29, 1.82) is 0 Å². The third-order valence-electron chi connectivity index (χ3n) is 2.92. The third kappa shape index (κ3) is 5.42. The van der Waals surface area contributed by atoms with Gasteiger partial charge in [-0.25, -0.2) is 18.2 Å². The largest absolute Gasteiger partial charge is 0.452 e. The highest BCUT2D eigenvalue weighted by Gasteiger charge is 2.17. The Balaban J connectivity index is 2.02. The quantitative estimate of drug-likeness (QED) is 0.770. The fraction of sp³-hybridized carbons (Fsp3) is 0.133. The number of halogens is 2. The lowest BCUT2D eigenvalue weighted by Crippen LogP contribution is -2.21. The molecule has 0 fully saturated rings. The number of nitrogens with zero attached hydrogens (tertiary/aromatic N) is 1. The predicted molar refractivity (Wildman–Crippen MR) is 92.7 cm³/mol. The van der Waals surface area contributed by atoms with Crippen molar-refractivity contribution in [3.05, 3.63) is 52.1 Å². The molecule has 0 aliphatic carbocycles. The monoisotopic (exact) mass is 402 g/mol. The number of hydrogen-bond acceptors (Lipinski definition) is 6. The van der Waals surface area contributed by atoms with Crippen molar-refractivity contribution in [2.45, 2.75) is 4.90 Å². The van der Waals surface area contributed by atoms with E-state index >= 15 is 0 Å². The van der Waals surface area contributed by atoms with Crippen LogP contribution < -0.4 is 5.32 Å². The number of aromatic nitrogens is 1. The zero-order valence-corrected chi connectivity index (χ0v) is 15.2. The lowest BCUT2D eigenvalue weighted by Gasteiger charge is -2.08. The SMILES string of the molecule is CS(=O)(=O)c1ccc(Cl)c(C(=O)OCC(=O)Nc2ccc(Cl)cn2)c1.